The Morgan fingerprint density at radius 3 is 2.48 bits per heavy atom. The van der Waals surface area contributed by atoms with Crippen molar-refractivity contribution < 1.29 is 18.7 Å². The number of nitrogens with zero attached hydrogens (tertiary/aromatic N) is 1. The number of nitrogens with one attached hydrogen (secondary N) is 2. The minimum absolute atomic E-state index is 0.144. The molecule has 1 aromatic carbocycles. The average molecular weight is 353 g/mol. The first-order valence-corrected chi connectivity index (χ1v) is 8.22. The summed E-state index contributed by atoms with van der Waals surface area (Å²) in [5.41, 5.74) is 0.842. The number of hydrogen-bond acceptors (Lipinski definition) is 4. The van der Waals surface area contributed by atoms with Crippen LogP contribution in [0, 0.1) is 5.82 Å². The molecule has 0 saturated carbocycles. The van der Waals surface area contributed by atoms with E-state index < -0.39 is 11.7 Å². The van der Waals surface area contributed by atoms with Crippen LogP contribution in [0.5, 0.6) is 0 Å². The highest BCUT2D eigenvalue weighted by Crippen LogP contribution is 2.12. The van der Waals surface area contributed by atoms with E-state index in [4.69, 9.17) is 4.74 Å². The van der Waals surface area contributed by atoms with Gasteiger partial charge in [-0.25, -0.2) is 9.18 Å². The second kappa shape index (κ2) is 9.36. The fraction of sp³-hybridized carbons (Fsp3) is 0.556. The molecule has 0 bridgehead atoms. The van der Waals surface area contributed by atoms with Crippen LogP contribution >= 0.6 is 0 Å². The highest BCUT2D eigenvalue weighted by atomic mass is 19.1. The van der Waals surface area contributed by atoms with Crippen molar-refractivity contribution in [2.24, 2.45) is 0 Å². The molecule has 0 aliphatic carbocycles. The minimum Gasteiger partial charge on any atom is -0.444 e. The molecule has 0 heterocycles. The maximum absolute atomic E-state index is 13.7. The van der Waals surface area contributed by atoms with Crippen molar-refractivity contribution in [2.75, 3.05) is 20.6 Å². The van der Waals surface area contributed by atoms with Gasteiger partial charge < -0.3 is 20.3 Å². The first kappa shape index (κ1) is 20.9. The molecule has 6 nitrogen and oxygen atoms in total. The zero-order valence-electron chi connectivity index (χ0n) is 15.6. The van der Waals surface area contributed by atoms with Gasteiger partial charge >= 0.3 is 6.09 Å². The zero-order chi connectivity index (χ0) is 19.0. The summed E-state index contributed by atoms with van der Waals surface area (Å²) in [6.07, 6.45) is -0.405. The van der Waals surface area contributed by atoms with Gasteiger partial charge in [0.15, 0.2) is 0 Å². The maximum atomic E-state index is 13.7. The molecule has 25 heavy (non-hydrogen) atoms. The van der Waals surface area contributed by atoms with Crippen LogP contribution in [0.3, 0.4) is 0 Å². The minimum atomic E-state index is -0.570. The summed E-state index contributed by atoms with van der Waals surface area (Å²) < 4.78 is 18.8. The lowest BCUT2D eigenvalue weighted by Crippen LogP contribution is -2.35. The summed E-state index contributed by atoms with van der Waals surface area (Å²) in [6, 6.07) is 4.80. The number of halogens is 1. The largest absolute Gasteiger partial charge is 0.444 e. The Morgan fingerprint density at radius 2 is 1.88 bits per heavy atom. The van der Waals surface area contributed by atoms with E-state index in [2.05, 4.69) is 10.6 Å². The topological polar surface area (TPSA) is 70.7 Å². The van der Waals surface area contributed by atoms with Gasteiger partial charge in [0, 0.05) is 31.6 Å². The molecule has 0 fully saturated rings. The van der Waals surface area contributed by atoms with Crippen LogP contribution in [-0.4, -0.2) is 43.1 Å². The first-order valence-electron chi connectivity index (χ1n) is 8.22. The third-order valence-electron chi connectivity index (χ3n) is 3.11. The molecule has 140 valence electrons. The van der Waals surface area contributed by atoms with Crippen LogP contribution in [0.4, 0.5) is 9.18 Å². The number of alkyl carbamates (subject to hydrolysis) is 1. The Labute approximate surface area is 148 Å². The van der Waals surface area contributed by atoms with Crippen LogP contribution in [0.15, 0.2) is 18.2 Å². The second-order valence-electron chi connectivity index (χ2n) is 7.12. The molecular weight excluding hydrogens is 325 g/mol. The van der Waals surface area contributed by atoms with Crippen LogP contribution < -0.4 is 10.6 Å². The Morgan fingerprint density at radius 1 is 1.20 bits per heavy atom. The van der Waals surface area contributed by atoms with E-state index in [0.29, 0.717) is 18.7 Å². The molecule has 2 amide bonds. The highest BCUT2D eigenvalue weighted by Gasteiger charge is 2.15. The van der Waals surface area contributed by atoms with E-state index in [9.17, 15) is 14.0 Å². The van der Waals surface area contributed by atoms with Crippen LogP contribution in [0.1, 0.15) is 38.3 Å². The number of ether oxygens (including phenoxy) is 1. The standard InChI is InChI=1S/C18H28FN3O3/c1-18(2,3)25-17(24)20-9-8-16(23)21-11-13-6-7-15(19)14(10-13)12-22(4)5/h6-7,10H,8-9,11-12H2,1-5H3,(H,20,24)(H,21,23). The molecule has 0 aromatic heterocycles. The fourth-order valence-corrected chi connectivity index (χ4v) is 2.08. The molecule has 0 spiro atoms. The van der Waals surface area contributed by atoms with Crippen molar-refractivity contribution in [3.63, 3.8) is 0 Å². The zero-order valence-corrected chi connectivity index (χ0v) is 15.6. The summed E-state index contributed by atoms with van der Waals surface area (Å²) in [6.45, 7) is 6.31. The predicted octanol–water partition coefficient (Wildman–Crippen LogP) is 2.42. The molecule has 0 atom stereocenters. The molecule has 0 saturated heterocycles. The predicted molar refractivity (Wildman–Crippen MR) is 94.5 cm³/mol. The summed E-state index contributed by atoms with van der Waals surface area (Å²) >= 11 is 0. The fourth-order valence-electron chi connectivity index (χ4n) is 2.08. The van der Waals surface area contributed by atoms with Crippen LogP contribution in [0.25, 0.3) is 0 Å². The quantitative estimate of drug-likeness (QED) is 0.790. The van der Waals surface area contributed by atoms with Gasteiger partial charge in [-0.2, -0.15) is 0 Å². The smallest absolute Gasteiger partial charge is 0.407 e. The van der Waals surface area contributed by atoms with E-state index >= 15 is 0 Å². The molecule has 1 aromatic rings. The molecule has 0 aliphatic heterocycles. The number of rotatable bonds is 7. The molecule has 2 N–H and O–H groups in total. The number of carbonyl (C=O) groups is 2. The van der Waals surface area contributed by atoms with Gasteiger partial charge in [0.05, 0.1) is 0 Å². The lowest BCUT2D eigenvalue weighted by atomic mass is 10.1. The van der Waals surface area contributed by atoms with E-state index in [0.717, 1.165) is 5.56 Å². The lowest BCUT2D eigenvalue weighted by Gasteiger charge is -2.19. The summed E-state index contributed by atoms with van der Waals surface area (Å²) in [5.74, 6) is -0.458. The Balaban J connectivity index is 2.38. The van der Waals surface area contributed by atoms with Gasteiger partial charge in [0.25, 0.3) is 0 Å². The third-order valence-corrected chi connectivity index (χ3v) is 3.11. The van der Waals surface area contributed by atoms with Crippen molar-refractivity contribution in [2.45, 2.75) is 45.9 Å². The van der Waals surface area contributed by atoms with E-state index in [-0.39, 0.29) is 24.7 Å². The first-order chi connectivity index (χ1) is 11.6. The second-order valence-corrected chi connectivity index (χ2v) is 7.12. The number of hydrogen-bond donors (Lipinski definition) is 2. The van der Waals surface area contributed by atoms with E-state index in [1.54, 1.807) is 32.9 Å². The monoisotopic (exact) mass is 353 g/mol. The van der Waals surface area contributed by atoms with E-state index in [1.165, 1.54) is 6.07 Å². The van der Waals surface area contributed by atoms with Crippen molar-refractivity contribution in [3.05, 3.63) is 35.1 Å². The molecule has 0 radical (unpaired) electrons. The van der Waals surface area contributed by atoms with Crippen LogP contribution in [-0.2, 0) is 22.6 Å². The Bertz CT molecular complexity index is 598. The Kier molecular flexibility index (Phi) is 7.83. The normalized spacial score (nSPS) is 11.3. The molecule has 7 heteroatoms. The molecule has 0 unspecified atom stereocenters. The molecule has 0 aliphatic rings. The molecule has 1 rings (SSSR count). The summed E-state index contributed by atoms with van der Waals surface area (Å²) in [7, 11) is 3.73. The lowest BCUT2D eigenvalue weighted by molar-refractivity contribution is -0.121. The van der Waals surface area contributed by atoms with Crippen molar-refractivity contribution in [1.82, 2.24) is 15.5 Å². The van der Waals surface area contributed by atoms with Crippen molar-refractivity contribution >= 4 is 12.0 Å². The summed E-state index contributed by atoms with van der Waals surface area (Å²) in [5, 5.41) is 5.28. The van der Waals surface area contributed by atoms with Gasteiger partial charge in [0.1, 0.15) is 11.4 Å². The van der Waals surface area contributed by atoms with Gasteiger partial charge in [-0.15, -0.1) is 0 Å². The molecular formula is C18H28FN3O3. The number of amides is 2. The number of carbonyl (C=O) groups excluding carboxylic acids is 2. The Hall–Kier alpha value is -2.15. The van der Waals surface area contributed by atoms with Crippen LogP contribution in [0.2, 0.25) is 0 Å². The average Bonchev–Trinajstić information content (AvgIpc) is 2.45. The van der Waals surface area contributed by atoms with Gasteiger partial charge in [-0.3, -0.25) is 4.79 Å². The number of benzene rings is 1. The van der Waals surface area contributed by atoms with E-state index in [1.807, 2.05) is 19.0 Å². The van der Waals surface area contributed by atoms with Gasteiger partial charge in [0.2, 0.25) is 5.91 Å². The van der Waals surface area contributed by atoms with Crippen molar-refractivity contribution in [1.29, 1.82) is 0 Å². The third kappa shape index (κ3) is 9.05. The van der Waals surface area contributed by atoms with Gasteiger partial charge in [-0.1, -0.05) is 6.07 Å². The maximum Gasteiger partial charge on any atom is 0.407 e. The SMILES string of the molecule is CN(C)Cc1cc(CNC(=O)CCNC(=O)OC(C)(C)C)ccc1F. The van der Waals surface area contributed by atoms with Crippen molar-refractivity contribution in [3.8, 4) is 0 Å². The van der Waals surface area contributed by atoms with Gasteiger partial charge in [-0.05, 0) is 52.6 Å². The summed E-state index contributed by atoms with van der Waals surface area (Å²) in [4.78, 5) is 25.2. The highest BCUT2D eigenvalue weighted by molar-refractivity contribution is 5.77.